The highest BCUT2D eigenvalue weighted by atomic mass is 19.3. The highest BCUT2D eigenvalue weighted by Crippen LogP contribution is 2.40. The topological polar surface area (TPSA) is 173 Å². The van der Waals surface area contributed by atoms with Gasteiger partial charge in [-0.15, -0.1) is 5.10 Å². The van der Waals surface area contributed by atoms with Crippen LogP contribution in [-0.2, 0) is 25.7 Å². The monoisotopic (exact) mass is 899 g/mol. The fourth-order valence-corrected chi connectivity index (χ4v) is 9.58. The molecule has 0 saturated carbocycles. The van der Waals surface area contributed by atoms with Crippen LogP contribution >= 0.6 is 0 Å². The van der Waals surface area contributed by atoms with E-state index in [9.17, 15) is 24.0 Å². The number of hydrogen-bond donors (Lipinski definition) is 2. The maximum Gasteiger partial charge on any atom is 0.289 e. The predicted molar refractivity (Wildman–Crippen MR) is 234 cm³/mol. The molecule has 17 nitrogen and oxygen atoms in total. The number of alkyl halides is 2. The molecular weight excluding hydrogens is 848 g/mol. The third kappa shape index (κ3) is 9.12. The molecule has 0 radical (unpaired) electrons. The van der Waals surface area contributed by atoms with Crippen molar-refractivity contribution in [3.05, 3.63) is 72.0 Å². The molecule has 65 heavy (non-hydrogen) atoms. The summed E-state index contributed by atoms with van der Waals surface area (Å²) in [6, 6.07) is 8.44. The molecule has 5 aliphatic rings. The van der Waals surface area contributed by atoms with E-state index >= 15 is 13.2 Å². The second-order valence-electron chi connectivity index (χ2n) is 17.7. The van der Waals surface area contributed by atoms with Crippen LogP contribution in [0.25, 0.3) is 16.5 Å². The van der Waals surface area contributed by atoms with E-state index in [1.54, 1.807) is 54.3 Å². The fourth-order valence-electron chi connectivity index (χ4n) is 9.58. The summed E-state index contributed by atoms with van der Waals surface area (Å²) in [4.78, 5) is 73.7. The van der Waals surface area contributed by atoms with Gasteiger partial charge in [0.1, 0.15) is 11.9 Å². The number of amides is 5. The van der Waals surface area contributed by atoms with Crippen LogP contribution in [0.2, 0.25) is 0 Å². The number of rotatable bonds is 11. The molecule has 1 unspecified atom stereocenters. The van der Waals surface area contributed by atoms with E-state index in [0.29, 0.717) is 86.7 Å². The Bertz CT molecular complexity index is 2510. The average molecular weight is 900 g/mol. The van der Waals surface area contributed by atoms with Crippen molar-refractivity contribution in [2.75, 3.05) is 94.7 Å². The summed E-state index contributed by atoms with van der Waals surface area (Å²) < 4.78 is 55.1. The molecule has 7 heterocycles. The van der Waals surface area contributed by atoms with Crippen LogP contribution in [0.3, 0.4) is 0 Å². The quantitative estimate of drug-likeness (QED) is 0.211. The number of likely N-dealkylation sites (tertiary alicyclic amines) is 1. The molecular formula is C45H52F3N11O6. The number of benzene rings is 2. The Morgan fingerprint density at radius 2 is 1.75 bits per heavy atom. The zero-order valence-corrected chi connectivity index (χ0v) is 36.4. The molecule has 2 N–H and O–H groups in total. The zero-order chi connectivity index (χ0) is 45.6. The van der Waals surface area contributed by atoms with Gasteiger partial charge in [0.2, 0.25) is 23.6 Å². The van der Waals surface area contributed by atoms with Crippen molar-refractivity contribution >= 4 is 63.1 Å². The van der Waals surface area contributed by atoms with Gasteiger partial charge < -0.3 is 34.2 Å². The van der Waals surface area contributed by atoms with Crippen LogP contribution in [0.5, 0.6) is 0 Å². The number of aryl methyl sites for hydroxylation is 1. The molecule has 4 saturated heterocycles. The molecule has 5 amide bonds. The summed E-state index contributed by atoms with van der Waals surface area (Å²) in [5.74, 6) is -5.48. The first-order valence-electron chi connectivity index (χ1n) is 22.1. The maximum atomic E-state index is 16.0. The molecule has 2 atom stereocenters. The fraction of sp³-hybridized carbons (Fsp3) is 0.489. The number of carbonyl (C=O) groups excluding carboxylic acids is 5. The summed E-state index contributed by atoms with van der Waals surface area (Å²) in [6.07, 6.45) is 6.92. The number of furan rings is 1. The standard InChI is InChI=1S/C45H52F3N11O6/c1-53(2)44(64)37-22-30-20-29(28-4-3-12-56(24-28)40(61)10-14-59-15-11-49-52-59)21-36(41(30)65-37)58-25-31(26-58)43(63)57-13-9-38(45(47,48)27-57)55-18-16-54(17-19-55)35-7-5-32(23-33(35)46)50-34-6-8-39(60)51-42(34)62/h4-5,7,11,15,20-23,31,34,38,50H,3,6,8-10,12-14,16-19,24-27H2,1-2H3,(H,51,60,62)/t34?,38-/m1/s1. The minimum atomic E-state index is -3.17. The lowest BCUT2D eigenvalue weighted by Gasteiger charge is -2.48. The number of aromatic nitrogens is 3. The number of imide groups is 1. The first-order chi connectivity index (χ1) is 31.2. The second kappa shape index (κ2) is 17.9. The number of nitrogens with zero attached hydrogens (tertiary/aromatic N) is 9. The number of fused-ring (bicyclic) bond motifs is 1. The highest BCUT2D eigenvalue weighted by molar-refractivity contribution is 6.02. The number of halogens is 3. The molecule has 2 aromatic heterocycles. The van der Waals surface area contributed by atoms with Crippen molar-refractivity contribution in [3.8, 4) is 0 Å². The number of piperazine rings is 1. The number of anilines is 3. The van der Waals surface area contributed by atoms with Crippen LogP contribution in [0.15, 0.2) is 59.3 Å². The smallest absolute Gasteiger partial charge is 0.289 e. The van der Waals surface area contributed by atoms with Crippen molar-refractivity contribution < 1.29 is 41.6 Å². The van der Waals surface area contributed by atoms with Gasteiger partial charge in [-0.3, -0.25) is 38.9 Å². The summed E-state index contributed by atoms with van der Waals surface area (Å²) in [6.45, 7) is 2.68. The van der Waals surface area contributed by atoms with Gasteiger partial charge in [-0.1, -0.05) is 11.3 Å². The van der Waals surface area contributed by atoms with Crippen molar-refractivity contribution in [1.29, 1.82) is 0 Å². The van der Waals surface area contributed by atoms with Gasteiger partial charge in [0.15, 0.2) is 11.3 Å². The Kier molecular flexibility index (Phi) is 12.0. The van der Waals surface area contributed by atoms with Crippen LogP contribution in [-0.4, -0.2) is 162 Å². The lowest BCUT2D eigenvalue weighted by Crippen LogP contribution is -2.64. The van der Waals surface area contributed by atoms with Crippen molar-refractivity contribution in [2.24, 2.45) is 5.92 Å². The normalized spacial score (nSPS) is 21.8. The summed E-state index contributed by atoms with van der Waals surface area (Å²) in [5.41, 5.74) is 3.69. The van der Waals surface area contributed by atoms with Crippen LogP contribution in [0.1, 0.15) is 48.2 Å². The van der Waals surface area contributed by atoms with E-state index in [0.717, 1.165) is 11.1 Å². The molecule has 0 aliphatic carbocycles. The molecule has 4 fully saturated rings. The van der Waals surface area contributed by atoms with Gasteiger partial charge in [0, 0.05) is 103 Å². The van der Waals surface area contributed by atoms with Crippen LogP contribution in [0, 0.1) is 11.7 Å². The highest BCUT2D eigenvalue weighted by Gasteiger charge is 2.50. The Hall–Kier alpha value is -6.44. The Labute approximate surface area is 373 Å². The van der Waals surface area contributed by atoms with Crippen molar-refractivity contribution in [3.63, 3.8) is 0 Å². The number of carbonyl (C=O) groups is 5. The first-order valence-corrected chi connectivity index (χ1v) is 22.1. The molecule has 0 spiro atoms. The number of hydrogen-bond acceptors (Lipinski definition) is 12. The molecule has 344 valence electrons. The van der Waals surface area contributed by atoms with Crippen LogP contribution in [0.4, 0.5) is 30.2 Å². The van der Waals surface area contributed by atoms with E-state index in [1.165, 1.54) is 15.9 Å². The zero-order valence-electron chi connectivity index (χ0n) is 36.4. The van der Waals surface area contributed by atoms with Crippen molar-refractivity contribution in [2.45, 2.75) is 56.7 Å². The summed E-state index contributed by atoms with van der Waals surface area (Å²) >= 11 is 0. The molecule has 9 rings (SSSR count). The minimum Gasteiger partial charge on any atom is -0.449 e. The van der Waals surface area contributed by atoms with Gasteiger partial charge in [0.25, 0.3) is 11.8 Å². The second-order valence-corrected chi connectivity index (χ2v) is 17.7. The Morgan fingerprint density at radius 1 is 0.954 bits per heavy atom. The summed E-state index contributed by atoms with van der Waals surface area (Å²) in [5, 5.41) is 13.7. The molecule has 5 aliphatic heterocycles. The van der Waals surface area contributed by atoms with Gasteiger partial charge in [0.05, 0.1) is 42.6 Å². The third-order valence-electron chi connectivity index (χ3n) is 13.2. The van der Waals surface area contributed by atoms with Gasteiger partial charge in [-0.25, -0.2) is 13.2 Å². The first kappa shape index (κ1) is 43.8. The molecule has 20 heteroatoms. The third-order valence-corrected chi connectivity index (χ3v) is 13.2. The van der Waals surface area contributed by atoms with Gasteiger partial charge in [-0.2, -0.15) is 0 Å². The Morgan fingerprint density at radius 3 is 2.46 bits per heavy atom. The largest absolute Gasteiger partial charge is 0.449 e. The van der Waals surface area contributed by atoms with E-state index in [1.807, 2.05) is 26.8 Å². The minimum absolute atomic E-state index is 0.00479. The van der Waals surface area contributed by atoms with Gasteiger partial charge >= 0.3 is 0 Å². The van der Waals surface area contributed by atoms with E-state index < -0.39 is 42.2 Å². The lowest BCUT2D eigenvalue weighted by atomic mass is 9.92. The van der Waals surface area contributed by atoms with E-state index in [4.69, 9.17) is 4.42 Å². The van der Waals surface area contributed by atoms with E-state index in [2.05, 4.69) is 27.0 Å². The van der Waals surface area contributed by atoms with Crippen LogP contribution < -0.4 is 20.4 Å². The SMILES string of the molecule is CN(C)C(=O)c1cc2cc(C3=CCCN(C(=O)CCn4ccnn4)C3)cc(N3CC(C(=O)N4CC[C@@H](N5CCN(c6ccc(NC7CCC(=O)NC7=O)cc6F)CC5)C(F)(F)C4)C3)c2o1. The predicted octanol–water partition coefficient (Wildman–Crippen LogP) is 3.28. The Balaban J connectivity index is 0.814. The number of nitrogens with one attached hydrogen (secondary N) is 2. The lowest BCUT2D eigenvalue weighted by molar-refractivity contribution is -0.159. The van der Waals surface area contributed by atoms with Gasteiger partial charge in [-0.05, 0) is 66.8 Å². The molecule has 2 aromatic carbocycles. The van der Waals surface area contributed by atoms with Crippen molar-refractivity contribution in [1.82, 2.24) is 39.9 Å². The van der Waals surface area contributed by atoms with E-state index in [-0.39, 0.29) is 68.3 Å². The number of piperidine rings is 2. The molecule has 4 aromatic rings. The molecule has 0 bridgehead atoms. The average Bonchev–Trinajstić information content (AvgIpc) is 3.96. The maximum absolute atomic E-state index is 16.0. The summed E-state index contributed by atoms with van der Waals surface area (Å²) in [7, 11) is 3.28.